The van der Waals surface area contributed by atoms with Gasteiger partial charge in [0, 0.05) is 39.8 Å². The highest BCUT2D eigenvalue weighted by atomic mass is 16.5. The predicted molar refractivity (Wildman–Crippen MR) is 112 cm³/mol. The van der Waals surface area contributed by atoms with Crippen molar-refractivity contribution < 1.29 is 24.1 Å². The van der Waals surface area contributed by atoms with Crippen LogP contribution >= 0.6 is 0 Å². The maximum Gasteiger partial charge on any atom is 0.319 e. The van der Waals surface area contributed by atoms with Gasteiger partial charge in [-0.2, -0.15) is 0 Å². The summed E-state index contributed by atoms with van der Waals surface area (Å²) in [5.74, 6) is 1.52. The molecule has 1 aromatic carbocycles. The molecule has 1 aliphatic rings. The molecule has 0 aliphatic carbocycles. The van der Waals surface area contributed by atoms with E-state index in [0.29, 0.717) is 58.3 Å². The Balaban J connectivity index is 1.56. The van der Waals surface area contributed by atoms with Crippen LogP contribution in [0.15, 0.2) is 24.3 Å². The number of carbonyl (C=O) groups excluding carboxylic acids is 1. The maximum atomic E-state index is 12.3. The van der Waals surface area contributed by atoms with Crippen molar-refractivity contribution in [2.45, 2.75) is 25.9 Å². The number of hydrogen-bond donors (Lipinski definition) is 2. The molecule has 1 saturated heterocycles. The van der Waals surface area contributed by atoms with E-state index in [2.05, 4.69) is 12.2 Å². The van der Waals surface area contributed by atoms with Crippen LogP contribution in [0.5, 0.6) is 11.5 Å². The quantitative estimate of drug-likeness (QED) is 0.510. The Morgan fingerprint density at radius 1 is 1.24 bits per heavy atom. The Labute approximate surface area is 173 Å². The van der Waals surface area contributed by atoms with Gasteiger partial charge in [-0.3, -0.25) is 0 Å². The fourth-order valence-corrected chi connectivity index (χ4v) is 2.82. The maximum absolute atomic E-state index is 12.3. The van der Waals surface area contributed by atoms with Gasteiger partial charge in [-0.1, -0.05) is 13.3 Å². The number of unbranched alkanes of at least 4 members (excludes halogenated alkanes) is 1. The van der Waals surface area contributed by atoms with Gasteiger partial charge >= 0.3 is 6.03 Å². The molecule has 0 aromatic heterocycles. The monoisotopic (exact) mass is 409 g/mol. The van der Waals surface area contributed by atoms with Crippen LogP contribution in [0.2, 0.25) is 0 Å². The lowest BCUT2D eigenvalue weighted by atomic mass is 10.3. The average molecular weight is 410 g/mol. The summed E-state index contributed by atoms with van der Waals surface area (Å²) in [4.78, 5) is 15.8. The highest BCUT2D eigenvalue weighted by molar-refractivity contribution is 5.74. The zero-order chi connectivity index (χ0) is 20.9. The first-order chi connectivity index (χ1) is 14.1. The van der Waals surface area contributed by atoms with Crippen LogP contribution in [-0.2, 0) is 4.74 Å². The third-order valence-corrected chi connectivity index (χ3v) is 4.64. The number of nitrogens with zero attached hydrogens (tertiary/aromatic N) is 2. The van der Waals surface area contributed by atoms with Crippen molar-refractivity contribution in [1.82, 2.24) is 15.1 Å². The zero-order valence-electron chi connectivity index (χ0n) is 17.6. The van der Waals surface area contributed by atoms with Gasteiger partial charge in [-0.25, -0.2) is 4.79 Å². The van der Waals surface area contributed by atoms with Crippen molar-refractivity contribution in [1.29, 1.82) is 0 Å². The molecule has 8 heteroatoms. The van der Waals surface area contributed by atoms with E-state index in [-0.39, 0.29) is 12.6 Å². The summed E-state index contributed by atoms with van der Waals surface area (Å²) in [5.41, 5.74) is 0. The molecule has 1 heterocycles. The first kappa shape index (κ1) is 23.3. The summed E-state index contributed by atoms with van der Waals surface area (Å²) >= 11 is 0. The summed E-state index contributed by atoms with van der Waals surface area (Å²) in [7, 11) is 1.79. The average Bonchev–Trinajstić information content (AvgIpc) is 2.76. The number of aliphatic hydroxyl groups excluding tert-OH is 1. The number of urea groups is 1. The summed E-state index contributed by atoms with van der Waals surface area (Å²) in [6.45, 7) is 7.09. The highest BCUT2D eigenvalue weighted by Crippen LogP contribution is 2.18. The van der Waals surface area contributed by atoms with Crippen LogP contribution < -0.4 is 14.8 Å². The van der Waals surface area contributed by atoms with Gasteiger partial charge < -0.3 is 34.4 Å². The number of amides is 2. The van der Waals surface area contributed by atoms with E-state index in [1.807, 2.05) is 24.3 Å². The molecule has 1 atom stereocenters. The van der Waals surface area contributed by atoms with Crippen molar-refractivity contribution in [2.24, 2.45) is 0 Å². The molecule has 1 aliphatic heterocycles. The lowest BCUT2D eigenvalue weighted by Gasteiger charge is -2.31. The lowest BCUT2D eigenvalue weighted by Crippen LogP contribution is -2.48. The number of nitrogens with one attached hydrogen (secondary N) is 1. The third kappa shape index (κ3) is 8.89. The van der Waals surface area contributed by atoms with Crippen molar-refractivity contribution in [2.75, 3.05) is 66.2 Å². The number of hydrogen-bond acceptors (Lipinski definition) is 6. The second-order valence-electron chi connectivity index (χ2n) is 7.15. The van der Waals surface area contributed by atoms with E-state index in [9.17, 15) is 9.90 Å². The van der Waals surface area contributed by atoms with Gasteiger partial charge in [-0.05, 0) is 30.7 Å². The van der Waals surface area contributed by atoms with Gasteiger partial charge in [0.05, 0.1) is 19.8 Å². The summed E-state index contributed by atoms with van der Waals surface area (Å²) in [6.07, 6.45) is 1.51. The first-order valence-electron chi connectivity index (χ1n) is 10.4. The Morgan fingerprint density at radius 2 is 1.90 bits per heavy atom. The van der Waals surface area contributed by atoms with Crippen molar-refractivity contribution >= 4 is 6.03 Å². The van der Waals surface area contributed by atoms with E-state index >= 15 is 0 Å². The number of carbonyl (C=O) groups is 1. The topological polar surface area (TPSA) is 83.5 Å². The second-order valence-corrected chi connectivity index (χ2v) is 7.15. The van der Waals surface area contributed by atoms with Gasteiger partial charge in [0.15, 0.2) is 0 Å². The molecule has 29 heavy (non-hydrogen) atoms. The van der Waals surface area contributed by atoms with E-state index in [1.165, 1.54) is 0 Å². The number of likely N-dealkylation sites (N-methyl/N-ethyl adjacent to an activating group) is 1. The molecule has 164 valence electrons. The number of ether oxygens (including phenoxy) is 3. The molecule has 2 rings (SSSR count). The Kier molecular flexibility index (Phi) is 10.6. The molecule has 0 saturated carbocycles. The van der Waals surface area contributed by atoms with Crippen LogP contribution in [0.1, 0.15) is 19.8 Å². The summed E-state index contributed by atoms with van der Waals surface area (Å²) < 4.78 is 16.5. The molecule has 0 spiro atoms. The number of rotatable bonds is 12. The Bertz CT molecular complexity index is 578. The molecule has 1 fully saturated rings. The summed E-state index contributed by atoms with van der Waals surface area (Å²) in [6, 6.07) is 7.44. The molecular formula is C21H35N3O5. The molecule has 8 nitrogen and oxygen atoms in total. The molecule has 0 unspecified atom stereocenters. The smallest absolute Gasteiger partial charge is 0.319 e. The minimum absolute atomic E-state index is 0.0149. The number of benzene rings is 1. The molecule has 2 amide bonds. The van der Waals surface area contributed by atoms with Gasteiger partial charge in [0.1, 0.15) is 24.2 Å². The predicted octanol–water partition coefficient (Wildman–Crippen LogP) is 1.58. The largest absolute Gasteiger partial charge is 0.494 e. The fraction of sp³-hybridized carbons (Fsp3) is 0.667. The Morgan fingerprint density at radius 3 is 2.55 bits per heavy atom. The SMILES string of the molecule is CCCCOc1ccc(OC[C@@H](O)CNCCN(C)C(=O)N2CCOCC2)cc1. The molecule has 0 bridgehead atoms. The van der Waals surface area contributed by atoms with Gasteiger partial charge in [0.25, 0.3) is 0 Å². The molecular weight excluding hydrogens is 374 g/mol. The zero-order valence-corrected chi connectivity index (χ0v) is 17.6. The minimum atomic E-state index is -0.629. The van der Waals surface area contributed by atoms with Crippen LogP contribution in [0.3, 0.4) is 0 Å². The third-order valence-electron chi connectivity index (χ3n) is 4.64. The highest BCUT2D eigenvalue weighted by Gasteiger charge is 2.19. The molecule has 0 radical (unpaired) electrons. The van der Waals surface area contributed by atoms with E-state index < -0.39 is 6.10 Å². The van der Waals surface area contributed by atoms with Gasteiger partial charge in [0.2, 0.25) is 0 Å². The number of morpholine rings is 1. The van der Waals surface area contributed by atoms with Crippen molar-refractivity contribution in [3.05, 3.63) is 24.3 Å². The van der Waals surface area contributed by atoms with Crippen LogP contribution in [0.4, 0.5) is 4.79 Å². The summed E-state index contributed by atoms with van der Waals surface area (Å²) in [5, 5.41) is 13.2. The lowest BCUT2D eigenvalue weighted by molar-refractivity contribution is 0.0453. The standard InChI is InChI=1S/C21H35N3O5/c1-3-4-13-28-19-5-7-20(8-6-19)29-17-18(25)16-22-9-10-23(2)21(26)24-11-14-27-15-12-24/h5-8,18,22,25H,3-4,9-17H2,1-2H3/t18-/m0/s1. The molecule has 1 aromatic rings. The normalized spacial score (nSPS) is 15.1. The van der Waals surface area contributed by atoms with Crippen molar-refractivity contribution in [3.63, 3.8) is 0 Å². The fourth-order valence-electron chi connectivity index (χ4n) is 2.82. The number of aliphatic hydroxyl groups is 1. The van der Waals surface area contributed by atoms with Gasteiger partial charge in [-0.15, -0.1) is 0 Å². The molecule has 2 N–H and O–H groups in total. The van der Waals surface area contributed by atoms with Crippen molar-refractivity contribution in [3.8, 4) is 11.5 Å². The Hall–Kier alpha value is -2.03. The van der Waals surface area contributed by atoms with E-state index in [4.69, 9.17) is 14.2 Å². The van der Waals surface area contributed by atoms with Crippen LogP contribution in [-0.4, -0.2) is 93.2 Å². The second kappa shape index (κ2) is 13.2. The minimum Gasteiger partial charge on any atom is -0.494 e. The van der Waals surface area contributed by atoms with E-state index in [1.54, 1.807) is 16.8 Å². The van der Waals surface area contributed by atoms with E-state index in [0.717, 1.165) is 18.6 Å². The first-order valence-corrected chi connectivity index (χ1v) is 10.4. The van der Waals surface area contributed by atoms with Crippen LogP contribution in [0, 0.1) is 0 Å². The van der Waals surface area contributed by atoms with Crippen LogP contribution in [0.25, 0.3) is 0 Å².